The van der Waals surface area contributed by atoms with Crippen molar-refractivity contribution in [3.63, 3.8) is 0 Å². The first-order valence-electron chi connectivity index (χ1n) is 11.6. The minimum Gasteiger partial charge on any atom is -0.508 e. The maximum absolute atomic E-state index is 12.3. The number of benzene rings is 2. The average molecular weight is 452 g/mol. The third kappa shape index (κ3) is 3.73. The van der Waals surface area contributed by atoms with Crippen molar-refractivity contribution < 1.29 is 24.1 Å². The van der Waals surface area contributed by atoms with Gasteiger partial charge in [-0.25, -0.2) is 9.80 Å². The first kappa shape index (κ1) is 21.4. The van der Waals surface area contributed by atoms with E-state index >= 15 is 0 Å². The fraction of sp³-hybridized carbons (Fsp3) is 0.440. The number of hydrogen-bond acceptors (Lipinski definition) is 7. The predicted octanol–water partition coefficient (Wildman–Crippen LogP) is 4.28. The Labute approximate surface area is 193 Å². The van der Waals surface area contributed by atoms with E-state index in [9.17, 15) is 9.90 Å². The molecule has 1 unspecified atom stereocenters. The van der Waals surface area contributed by atoms with Gasteiger partial charge in [-0.05, 0) is 32.0 Å². The van der Waals surface area contributed by atoms with Gasteiger partial charge in [0.1, 0.15) is 5.75 Å². The molecular formula is C25H29N3O5. The van der Waals surface area contributed by atoms with Crippen molar-refractivity contribution in [1.29, 1.82) is 0 Å². The molecule has 1 amide bonds. The summed E-state index contributed by atoms with van der Waals surface area (Å²) in [7, 11) is 0. The van der Waals surface area contributed by atoms with E-state index in [1.54, 1.807) is 17.0 Å². The van der Waals surface area contributed by atoms with Gasteiger partial charge in [0.2, 0.25) is 5.72 Å². The predicted molar refractivity (Wildman–Crippen MR) is 123 cm³/mol. The highest BCUT2D eigenvalue weighted by Gasteiger charge is 2.53. The standard InChI is InChI=1S/C25H29N3O5/c1-3-31-22-10-6-9-19-21-16-20(17-7-5-8-18(29)15-17)26-28(21)25(33-23(19)22)11-13-27(14-12-25)24(30)32-4-2/h5-10,15,21,29H,3-4,11-14,16H2,1-2H3. The molecule has 2 aromatic rings. The van der Waals surface area contributed by atoms with Crippen molar-refractivity contribution in [2.24, 2.45) is 5.10 Å². The monoisotopic (exact) mass is 451 g/mol. The van der Waals surface area contributed by atoms with Crippen LogP contribution in [0, 0.1) is 0 Å². The Bertz CT molecular complexity index is 1080. The number of aromatic hydroxyl groups is 1. The van der Waals surface area contributed by atoms with Crippen molar-refractivity contribution >= 4 is 11.8 Å². The number of ether oxygens (including phenoxy) is 3. The lowest BCUT2D eigenvalue weighted by Gasteiger charge is -2.51. The second-order valence-corrected chi connectivity index (χ2v) is 8.50. The summed E-state index contributed by atoms with van der Waals surface area (Å²) < 4.78 is 17.8. The average Bonchev–Trinajstić information content (AvgIpc) is 3.28. The molecule has 0 aromatic heterocycles. The van der Waals surface area contributed by atoms with Gasteiger partial charge in [0.05, 0.1) is 25.0 Å². The first-order valence-corrected chi connectivity index (χ1v) is 11.6. The Morgan fingerprint density at radius 3 is 2.70 bits per heavy atom. The quantitative estimate of drug-likeness (QED) is 0.747. The molecule has 1 atom stereocenters. The minimum atomic E-state index is -0.688. The van der Waals surface area contributed by atoms with Crippen LogP contribution in [0.4, 0.5) is 4.79 Å². The maximum Gasteiger partial charge on any atom is 0.409 e. The van der Waals surface area contributed by atoms with E-state index in [2.05, 4.69) is 11.1 Å². The van der Waals surface area contributed by atoms with Gasteiger partial charge in [-0.15, -0.1) is 0 Å². The molecule has 3 aliphatic heterocycles. The zero-order valence-corrected chi connectivity index (χ0v) is 19.0. The van der Waals surface area contributed by atoms with Crippen LogP contribution in [0.1, 0.15) is 50.3 Å². The number of piperidine rings is 1. The number of phenols is 1. The normalized spacial score (nSPS) is 20.5. The van der Waals surface area contributed by atoms with Gasteiger partial charge in [0.25, 0.3) is 0 Å². The lowest BCUT2D eigenvalue weighted by molar-refractivity contribution is -0.148. The van der Waals surface area contributed by atoms with Gasteiger partial charge >= 0.3 is 6.09 Å². The highest BCUT2D eigenvalue weighted by Crippen LogP contribution is 2.52. The van der Waals surface area contributed by atoms with Gasteiger partial charge in [0, 0.05) is 43.5 Å². The fourth-order valence-corrected chi connectivity index (χ4v) is 4.98. The molecule has 1 N–H and O–H groups in total. The van der Waals surface area contributed by atoms with Gasteiger partial charge < -0.3 is 24.2 Å². The molecule has 3 aliphatic rings. The number of fused-ring (bicyclic) bond motifs is 4. The molecular weight excluding hydrogens is 422 g/mol. The summed E-state index contributed by atoms with van der Waals surface area (Å²) >= 11 is 0. The summed E-state index contributed by atoms with van der Waals surface area (Å²) in [6, 6.07) is 13.2. The molecule has 8 nitrogen and oxygen atoms in total. The van der Waals surface area contributed by atoms with Crippen LogP contribution in [0.25, 0.3) is 0 Å². The molecule has 2 aromatic carbocycles. The van der Waals surface area contributed by atoms with Crippen LogP contribution in [-0.4, -0.2) is 58.8 Å². The number of hydrogen-bond donors (Lipinski definition) is 1. The Hall–Kier alpha value is -3.42. The van der Waals surface area contributed by atoms with Crippen LogP contribution >= 0.6 is 0 Å². The van der Waals surface area contributed by atoms with Gasteiger partial charge in [-0.2, -0.15) is 5.10 Å². The number of carbonyl (C=O) groups excluding carboxylic acids is 1. The summed E-state index contributed by atoms with van der Waals surface area (Å²) in [6.07, 6.45) is 1.59. The largest absolute Gasteiger partial charge is 0.508 e. The van der Waals surface area contributed by atoms with Crippen molar-refractivity contribution in [2.45, 2.75) is 44.9 Å². The second-order valence-electron chi connectivity index (χ2n) is 8.50. The van der Waals surface area contributed by atoms with E-state index in [-0.39, 0.29) is 17.9 Å². The zero-order chi connectivity index (χ0) is 23.0. The zero-order valence-electron chi connectivity index (χ0n) is 19.0. The van der Waals surface area contributed by atoms with Crippen molar-refractivity contribution in [1.82, 2.24) is 9.91 Å². The van der Waals surface area contributed by atoms with Crippen LogP contribution in [0.3, 0.4) is 0 Å². The number of amides is 1. The SMILES string of the molecule is CCOC(=O)N1CCC2(CC1)Oc1c(OCC)cccc1C1CC(c3cccc(O)c3)=NN12. The molecule has 8 heteroatoms. The summed E-state index contributed by atoms with van der Waals surface area (Å²) in [4.78, 5) is 14.0. The number of likely N-dealkylation sites (tertiary alicyclic amines) is 1. The van der Waals surface area contributed by atoms with Crippen molar-refractivity contribution in [3.05, 3.63) is 53.6 Å². The summed E-state index contributed by atoms with van der Waals surface area (Å²) in [5.74, 6) is 1.71. The van der Waals surface area contributed by atoms with Crippen LogP contribution in [0.2, 0.25) is 0 Å². The summed E-state index contributed by atoms with van der Waals surface area (Å²) in [5, 5.41) is 17.1. The molecule has 5 rings (SSSR count). The van der Waals surface area contributed by atoms with Crippen LogP contribution < -0.4 is 9.47 Å². The Morgan fingerprint density at radius 1 is 1.18 bits per heavy atom. The smallest absolute Gasteiger partial charge is 0.409 e. The fourth-order valence-electron chi connectivity index (χ4n) is 4.98. The molecule has 0 radical (unpaired) electrons. The van der Waals surface area contributed by atoms with Gasteiger partial charge in [-0.3, -0.25) is 0 Å². The van der Waals surface area contributed by atoms with Gasteiger partial charge in [-0.1, -0.05) is 24.3 Å². The third-order valence-corrected chi connectivity index (χ3v) is 6.54. The Morgan fingerprint density at radius 2 is 1.97 bits per heavy atom. The highest BCUT2D eigenvalue weighted by molar-refractivity contribution is 6.02. The van der Waals surface area contributed by atoms with E-state index < -0.39 is 5.72 Å². The van der Waals surface area contributed by atoms with Crippen LogP contribution in [0.15, 0.2) is 47.6 Å². The molecule has 0 bridgehead atoms. The molecule has 174 valence electrons. The number of rotatable bonds is 4. The minimum absolute atomic E-state index is 0.0133. The lowest BCUT2D eigenvalue weighted by Crippen LogP contribution is -2.59. The second kappa shape index (κ2) is 8.50. The Kier molecular flexibility index (Phi) is 5.52. The number of hydrazone groups is 1. The molecule has 33 heavy (non-hydrogen) atoms. The summed E-state index contributed by atoms with van der Waals surface area (Å²) in [5.41, 5.74) is 2.15. The number of phenolic OH excluding ortho intramolecular Hbond substituents is 1. The van der Waals surface area contributed by atoms with E-state index in [0.29, 0.717) is 45.6 Å². The third-order valence-electron chi connectivity index (χ3n) is 6.54. The van der Waals surface area contributed by atoms with Crippen LogP contribution in [0.5, 0.6) is 17.2 Å². The molecule has 1 spiro atoms. The molecule has 1 saturated heterocycles. The van der Waals surface area contributed by atoms with Gasteiger partial charge in [0.15, 0.2) is 11.5 Å². The van der Waals surface area contributed by atoms with Crippen molar-refractivity contribution in [3.8, 4) is 17.2 Å². The lowest BCUT2D eigenvalue weighted by atomic mass is 9.90. The van der Waals surface area contributed by atoms with Crippen molar-refractivity contribution in [2.75, 3.05) is 26.3 Å². The number of carbonyl (C=O) groups is 1. The topological polar surface area (TPSA) is 83.8 Å². The molecule has 3 heterocycles. The maximum atomic E-state index is 12.3. The van der Waals surface area contributed by atoms with E-state index in [4.69, 9.17) is 19.3 Å². The van der Waals surface area contributed by atoms with E-state index in [0.717, 1.165) is 28.3 Å². The highest BCUT2D eigenvalue weighted by atomic mass is 16.6. The van der Waals surface area contributed by atoms with Crippen LogP contribution in [-0.2, 0) is 4.74 Å². The first-order chi connectivity index (χ1) is 16.0. The Balaban J connectivity index is 1.52. The number of nitrogens with zero attached hydrogens (tertiary/aromatic N) is 3. The van der Waals surface area contributed by atoms with E-state index in [1.165, 1.54) is 0 Å². The molecule has 0 saturated carbocycles. The number of para-hydroxylation sites is 1. The summed E-state index contributed by atoms with van der Waals surface area (Å²) in [6.45, 7) is 5.71. The molecule has 1 fully saturated rings. The molecule has 0 aliphatic carbocycles. The van der Waals surface area contributed by atoms with E-state index in [1.807, 2.05) is 38.1 Å².